The fourth-order valence-electron chi connectivity index (χ4n) is 4.81. The Bertz CT molecular complexity index is 879. The fraction of sp³-hybridized carbons (Fsp3) is 0.697. The summed E-state index contributed by atoms with van der Waals surface area (Å²) in [4.78, 5) is 24.9. The van der Waals surface area contributed by atoms with Crippen LogP contribution in [0, 0.1) is 0 Å². The number of hydrogen-bond donors (Lipinski definition) is 2. The second-order valence-corrected chi connectivity index (χ2v) is 12.1. The summed E-state index contributed by atoms with van der Waals surface area (Å²) in [6.07, 6.45) is 23.6. The number of benzene rings is 1. The van der Waals surface area contributed by atoms with Crippen molar-refractivity contribution in [2.24, 2.45) is 0 Å². The molecule has 0 saturated carbocycles. The van der Waals surface area contributed by atoms with Crippen molar-refractivity contribution in [1.29, 1.82) is 0 Å². The predicted octanol–water partition coefficient (Wildman–Crippen LogP) is 8.94. The van der Waals surface area contributed by atoms with E-state index < -0.39 is 26.7 Å². The molecule has 41 heavy (non-hydrogen) atoms. The van der Waals surface area contributed by atoms with E-state index in [1.807, 2.05) is 6.08 Å². The van der Waals surface area contributed by atoms with Crippen LogP contribution in [0.1, 0.15) is 140 Å². The number of aliphatic hydroxyl groups excluding tert-OH is 1. The zero-order chi connectivity index (χ0) is 29.5. The van der Waals surface area contributed by atoms with E-state index in [2.05, 4.69) is 19.2 Å². The number of carbonyl (C=O) groups excluding carboxylic acids is 2. The molecule has 0 radical (unpaired) electrons. The number of unbranched alkanes of at least 4 members (excludes halogenated alkanes) is 15. The first-order valence-electron chi connectivity index (χ1n) is 16.1. The zero-order valence-corrected chi connectivity index (χ0v) is 26.4. The maximum absolute atomic E-state index is 12.6. The predicted molar refractivity (Wildman–Crippen MR) is 167 cm³/mol. The number of nitrogens with one attached hydrogen (secondary N) is 1. The molecule has 0 saturated heterocycles. The molecule has 1 amide bonds. The molecule has 2 N–H and O–H groups in total. The molecule has 1 aliphatic heterocycles. The molecule has 3 atom stereocenters. The van der Waals surface area contributed by atoms with E-state index in [0.29, 0.717) is 17.7 Å². The van der Waals surface area contributed by atoms with E-state index in [-0.39, 0.29) is 12.5 Å². The first-order chi connectivity index (χ1) is 20.0. The summed E-state index contributed by atoms with van der Waals surface area (Å²) in [6.45, 7) is 4.38. The summed E-state index contributed by atoms with van der Waals surface area (Å²) >= 11 is 0. The van der Waals surface area contributed by atoms with Gasteiger partial charge in [0.2, 0.25) is 5.91 Å². The Morgan fingerprint density at radius 2 is 1.46 bits per heavy atom. The van der Waals surface area contributed by atoms with Crippen LogP contribution in [0.15, 0.2) is 36.4 Å². The zero-order valence-electron chi connectivity index (χ0n) is 25.5. The van der Waals surface area contributed by atoms with Gasteiger partial charge in [0.1, 0.15) is 11.3 Å². The van der Waals surface area contributed by atoms with E-state index in [1.165, 1.54) is 70.6 Å². The first-order valence-corrected chi connectivity index (χ1v) is 17.2. The van der Waals surface area contributed by atoms with Crippen molar-refractivity contribution in [1.82, 2.24) is 5.32 Å². The number of carbonyl (C=O) groups is 2. The maximum atomic E-state index is 12.6. The van der Waals surface area contributed by atoms with Gasteiger partial charge in [0.15, 0.2) is 0 Å². The summed E-state index contributed by atoms with van der Waals surface area (Å²) in [5.74, 6) is -0.208. The average Bonchev–Trinajstić information content (AvgIpc) is 2.97. The topological polar surface area (TPSA) is 94.1 Å². The maximum Gasteiger partial charge on any atom is 0.465 e. The van der Waals surface area contributed by atoms with Crippen molar-refractivity contribution in [2.75, 3.05) is 6.61 Å². The van der Waals surface area contributed by atoms with E-state index in [0.717, 1.165) is 38.5 Å². The highest BCUT2D eigenvalue weighted by Crippen LogP contribution is 2.47. The van der Waals surface area contributed by atoms with E-state index in [4.69, 9.17) is 13.6 Å². The Morgan fingerprint density at radius 3 is 2.12 bits per heavy atom. The Kier molecular flexibility index (Phi) is 19.4. The van der Waals surface area contributed by atoms with E-state index >= 15 is 0 Å². The fourth-order valence-corrected chi connectivity index (χ4v) is 5.79. The van der Waals surface area contributed by atoms with Crippen LogP contribution in [0.25, 0.3) is 0 Å². The van der Waals surface area contributed by atoms with Crippen LogP contribution in [-0.4, -0.2) is 35.7 Å². The Balaban J connectivity index is 1.75. The third kappa shape index (κ3) is 15.7. The van der Waals surface area contributed by atoms with Gasteiger partial charge in [0.25, 0.3) is 0 Å². The molecule has 1 aliphatic rings. The van der Waals surface area contributed by atoms with Gasteiger partial charge in [0, 0.05) is 6.42 Å². The number of hydrogen-bond acceptors (Lipinski definition) is 6. The van der Waals surface area contributed by atoms with Crippen LogP contribution in [0.5, 0.6) is 5.75 Å². The number of para-hydroxylation sites is 1. The van der Waals surface area contributed by atoms with Crippen LogP contribution in [0.4, 0.5) is 0 Å². The number of rotatable bonds is 24. The van der Waals surface area contributed by atoms with Crippen LogP contribution < -0.4 is 9.84 Å². The molecule has 1 aromatic carbocycles. The Morgan fingerprint density at radius 1 is 0.878 bits per heavy atom. The lowest BCUT2D eigenvalue weighted by molar-refractivity contribution is -0.122. The number of fused-ring (bicyclic) bond motifs is 1. The van der Waals surface area contributed by atoms with Crippen molar-refractivity contribution < 1.29 is 28.3 Å². The highest BCUT2D eigenvalue weighted by molar-refractivity contribution is 7.43. The number of amides is 1. The molecular weight excluding hydrogens is 537 g/mol. The largest absolute Gasteiger partial charge is 0.465 e. The van der Waals surface area contributed by atoms with E-state index in [9.17, 15) is 14.7 Å². The van der Waals surface area contributed by atoms with Crippen molar-refractivity contribution in [3.05, 3.63) is 42.0 Å². The summed E-state index contributed by atoms with van der Waals surface area (Å²) in [5, 5.41) is 13.8. The minimum absolute atomic E-state index is 0.0350. The van der Waals surface area contributed by atoms with Crippen molar-refractivity contribution >= 4 is 20.5 Å². The SMILES string of the molecule is CCCCCCCCCCCCC/C=C/[C@@H](O)[C@H](COP1OC(=O)c2ccccc2O1)NC(=O)CCCCCCC. The van der Waals surface area contributed by atoms with E-state index in [1.54, 1.807) is 30.3 Å². The lowest BCUT2D eigenvalue weighted by Crippen LogP contribution is -2.45. The average molecular weight is 592 g/mol. The van der Waals surface area contributed by atoms with Gasteiger partial charge in [-0.15, -0.1) is 0 Å². The van der Waals surface area contributed by atoms with Crippen LogP contribution in [0.3, 0.4) is 0 Å². The Labute approximate surface area is 249 Å². The second kappa shape index (κ2) is 22.6. The highest BCUT2D eigenvalue weighted by Gasteiger charge is 2.32. The van der Waals surface area contributed by atoms with Crippen LogP contribution >= 0.6 is 8.60 Å². The summed E-state index contributed by atoms with van der Waals surface area (Å²) in [5.41, 5.74) is 0.355. The van der Waals surface area contributed by atoms with Crippen LogP contribution in [0.2, 0.25) is 0 Å². The molecule has 1 unspecified atom stereocenters. The monoisotopic (exact) mass is 591 g/mol. The normalized spacial score (nSPS) is 16.2. The third-order valence-corrected chi connectivity index (χ3v) is 8.39. The van der Waals surface area contributed by atoms with Gasteiger partial charge < -0.3 is 19.5 Å². The molecule has 0 spiro atoms. The second-order valence-electron chi connectivity index (χ2n) is 11.1. The molecule has 8 heteroatoms. The highest BCUT2D eigenvalue weighted by atomic mass is 31.2. The number of allylic oxidation sites excluding steroid dienone is 1. The van der Waals surface area contributed by atoms with Gasteiger partial charge in [0.05, 0.1) is 18.8 Å². The summed E-state index contributed by atoms with van der Waals surface area (Å²) in [6, 6.07) is 6.17. The lowest BCUT2D eigenvalue weighted by Gasteiger charge is -2.26. The quantitative estimate of drug-likeness (QED) is 0.0708. The van der Waals surface area contributed by atoms with Crippen molar-refractivity contribution in [3.8, 4) is 5.75 Å². The standard InChI is InChI=1S/C33H54NO6P/c1-3-5-7-9-10-11-12-13-14-15-16-18-19-24-30(35)29(34-32(36)26-20-17-8-6-4-2)27-38-41-39-31-25-22-21-23-28(31)33(37)40-41/h19,21-25,29-30,35H,3-18,20,26-27H2,1-2H3,(H,34,36)/b24-19+/t29-,30+,41?/m0/s1. The molecule has 0 aromatic heterocycles. The molecule has 232 valence electrons. The Hall–Kier alpha value is -1.95. The molecule has 0 bridgehead atoms. The molecule has 0 fully saturated rings. The van der Waals surface area contributed by atoms with Crippen molar-refractivity contribution in [3.63, 3.8) is 0 Å². The molecule has 7 nitrogen and oxygen atoms in total. The van der Waals surface area contributed by atoms with Gasteiger partial charge >= 0.3 is 14.6 Å². The van der Waals surface area contributed by atoms with Gasteiger partial charge in [-0.25, -0.2) is 4.79 Å². The first kappa shape index (κ1) is 35.2. The van der Waals surface area contributed by atoms with Gasteiger partial charge in [-0.05, 0) is 31.4 Å². The van der Waals surface area contributed by atoms with Crippen LogP contribution in [-0.2, 0) is 13.8 Å². The molecule has 0 aliphatic carbocycles. The summed E-state index contributed by atoms with van der Waals surface area (Å²) < 4.78 is 16.8. The third-order valence-electron chi connectivity index (χ3n) is 7.37. The van der Waals surface area contributed by atoms with Crippen molar-refractivity contribution in [2.45, 2.75) is 142 Å². The summed E-state index contributed by atoms with van der Waals surface area (Å²) in [7, 11) is -1.97. The van der Waals surface area contributed by atoms with Gasteiger partial charge in [-0.2, -0.15) is 0 Å². The smallest absolute Gasteiger partial charge is 0.417 e. The minimum Gasteiger partial charge on any atom is -0.417 e. The molecule has 2 rings (SSSR count). The molecule has 1 heterocycles. The lowest BCUT2D eigenvalue weighted by atomic mass is 10.0. The molecular formula is C33H54NO6P. The number of aliphatic hydroxyl groups is 1. The minimum atomic E-state index is -1.97. The van der Waals surface area contributed by atoms with Gasteiger partial charge in [-0.3, -0.25) is 9.32 Å². The molecule has 1 aromatic rings. The van der Waals surface area contributed by atoms with Gasteiger partial charge in [-0.1, -0.05) is 128 Å².